The highest BCUT2D eigenvalue weighted by molar-refractivity contribution is 5.95. The van der Waals surface area contributed by atoms with Gasteiger partial charge in [-0.15, -0.1) is 0 Å². The summed E-state index contributed by atoms with van der Waals surface area (Å²) in [6, 6.07) is 23.6. The molecular weight excluding hydrogens is 472 g/mol. The molecule has 2 aliphatic heterocycles. The summed E-state index contributed by atoms with van der Waals surface area (Å²) in [6.07, 6.45) is 8.82. The molecule has 2 heterocycles. The molecule has 1 saturated carbocycles. The molecule has 0 aromatic heterocycles. The number of phenols is 1. The largest absolute Gasteiger partial charge is 0.508 e. The summed E-state index contributed by atoms with van der Waals surface area (Å²) >= 11 is 0. The number of ether oxygens (including phenoxy) is 1. The smallest absolute Gasteiger partial charge is 0.254 e. The summed E-state index contributed by atoms with van der Waals surface area (Å²) in [4.78, 5) is 18.6. The second-order valence-corrected chi connectivity index (χ2v) is 11.3. The Morgan fingerprint density at radius 2 is 1.66 bits per heavy atom. The lowest BCUT2D eigenvalue weighted by Gasteiger charge is -2.44. The van der Waals surface area contributed by atoms with Gasteiger partial charge in [-0.2, -0.15) is 0 Å². The van der Waals surface area contributed by atoms with Crippen molar-refractivity contribution in [3.05, 3.63) is 95.1 Å². The predicted molar refractivity (Wildman–Crippen MR) is 150 cm³/mol. The summed E-state index contributed by atoms with van der Waals surface area (Å²) in [5.41, 5.74) is 4.06. The summed E-state index contributed by atoms with van der Waals surface area (Å²) in [5.74, 6) is 1.29. The third-order valence-corrected chi connectivity index (χ3v) is 8.62. The summed E-state index contributed by atoms with van der Waals surface area (Å²) in [6.45, 7) is 4.05. The van der Waals surface area contributed by atoms with E-state index < -0.39 is 0 Å². The van der Waals surface area contributed by atoms with Crippen LogP contribution in [0.4, 0.5) is 0 Å². The highest BCUT2D eigenvalue weighted by atomic mass is 16.5. The van der Waals surface area contributed by atoms with Crippen molar-refractivity contribution in [3.8, 4) is 11.5 Å². The van der Waals surface area contributed by atoms with E-state index in [0.717, 1.165) is 54.7 Å². The maximum Gasteiger partial charge on any atom is 0.254 e. The van der Waals surface area contributed by atoms with Crippen LogP contribution >= 0.6 is 0 Å². The maximum absolute atomic E-state index is 13.9. The number of hydrogen-bond acceptors (Lipinski definition) is 4. The third kappa shape index (κ3) is 5.30. The van der Waals surface area contributed by atoms with Crippen LogP contribution in [-0.2, 0) is 12.8 Å². The number of hydrogen-bond donors (Lipinski definition) is 1. The molecule has 0 bridgehead atoms. The van der Waals surface area contributed by atoms with E-state index in [2.05, 4.69) is 34.1 Å². The van der Waals surface area contributed by atoms with Gasteiger partial charge in [0.05, 0.1) is 6.04 Å². The summed E-state index contributed by atoms with van der Waals surface area (Å²) in [5, 5.41) is 10.2. The van der Waals surface area contributed by atoms with Crippen LogP contribution in [0, 0.1) is 0 Å². The van der Waals surface area contributed by atoms with Crippen LogP contribution in [0.15, 0.2) is 72.8 Å². The second kappa shape index (κ2) is 10.8. The molecule has 5 nitrogen and oxygen atoms in total. The van der Waals surface area contributed by atoms with E-state index in [1.165, 1.54) is 44.3 Å². The van der Waals surface area contributed by atoms with Gasteiger partial charge in [0.25, 0.3) is 5.91 Å². The predicted octanol–water partition coefficient (Wildman–Crippen LogP) is 6.16. The lowest BCUT2D eigenvalue weighted by Crippen LogP contribution is -2.49. The van der Waals surface area contributed by atoms with Gasteiger partial charge >= 0.3 is 0 Å². The Kier molecular flexibility index (Phi) is 7.12. The Bertz CT molecular complexity index is 1240. The molecule has 0 radical (unpaired) electrons. The average Bonchev–Trinajstić information content (AvgIpc) is 3.74. The van der Waals surface area contributed by atoms with Gasteiger partial charge < -0.3 is 14.7 Å². The van der Waals surface area contributed by atoms with Crippen molar-refractivity contribution in [1.82, 2.24) is 9.80 Å². The van der Waals surface area contributed by atoms with Crippen LogP contribution in [0.3, 0.4) is 0 Å². The van der Waals surface area contributed by atoms with Gasteiger partial charge in [0.15, 0.2) is 0 Å². The monoisotopic (exact) mass is 510 g/mol. The Hall–Kier alpha value is -3.31. The first-order valence-electron chi connectivity index (χ1n) is 14.3. The van der Waals surface area contributed by atoms with Crippen molar-refractivity contribution < 1.29 is 14.6 Å². The molecule has 1 N–H and O–H groups in total. The van der Waals surface area contributed by atoms with Crippen molar-refractivity contribution in [2.45, 2.75) is 62.9 Å². The zero-order chi connectivity index (χ0) is 26.0. The number of carbonyl (C=O) groups excluding carboxylic acids is 1. The highest BCUT2D eigenvalue weighted by Crippen LogP contribution is 2.54. The highest BCUT2D eigenvalue weighted by Gasteiger charge is 2.55. The number of amides is 1. The average molecular weight is 511 g/mol. The Morgan fingerprint density at radius 1 is 0.921 bits per heavy atom. The molecule has 38 heavy (non-hydrogen) atoms. The fourth-order valence-corrected chi connectivity index (χ4v) is 6.42. The molecule has 6 rings (SSSR count). The van der Waals surface area contributed by atoms with E-state index in [9.17, 15) is 9.90 Å². The number of fused-ring (bicyclic) bond motifs is 1. The van der Waals surface area contributed by atoms with Gasteiger partial charge in [-0.3, -0.25) is 9.69 Å². The van der Waals surface area contributed by atoms with Crippen molar-refractivity contribution in [2.75, 3.05) is 26.2 Å². The molecule has 2 fully saturated rings. The first-order valence-corrected chi connectivity index (χ1v) is 14.3. The van der Waals surface area contributed by atoms with E-state index in [-0.39, 0.29) is 17.5 Å². The summed E-state index contributed by atoms with van der Waals surface area (Å²) < 4.78 is 6.09. The Balaban J connectivity index is 1.20. The minimum absolute atomic E-state index is 0.0793. The molecule has 198 valence electrons. The number of phenolic OH excluding ortho intramolecular Hbond substituents is 1. The second-order valence-electron chi connectivity index (χ2n) is 11.3. The van der Waals surface area contributed by atoms with Crippen LogP contribution in [0.2, 0.25) is 0 Å². The molecule has 1 saturated heterocycles. The topological polar surface area (TPSA) is 53.0 Å². The first kappa shape index (κ1) is 25.0. The van der Waals surface area contributed by atoms with Gasteiger partial charge in [-0.1, -0.05) is 49.2 Å². The lowest BCUT2D eigenvalue weighted by atomic mass is 9.83. The molecule has 3 aromatic rings. The van der Waals surface area contributed by atoms with E-state index in [1.807, 2.05) is 42.5 Å². The van der Waals surface area contributed by atoms with Crippen molar-refractivity contribution >= 4 is 5.91 Å². The van der Waals surface area contributed by atoms with Crippen LogP contribution in [0.1, 0.15) is 71.6 Å². The van der Waals surface area contributed by atoms with Crippen LogP contribution < -0.4 is 4.74 Å². The SMILES string of the molecule is O=C(c1ccccc1)N1C(Cc2ccc(OCCN3CCCCCC3)cc2)c2ccc(O)cc2CC12CC2. The Morgan fingerprint density at radius 3 is 2.37 bits per heavy atom. The molecule has 1 atom stereocenters. The van der Waals surface area contributed by atoms with E-state index in [0.29, 0.717) is 12.4 Å². The molecule has 1 aliphatic carbocycles. The van der Waals surface area contributed by atoms with Gasteiger partial charge in [0.2, 0.25) is 0 Å². The van der Waals surface area contributed by atoms with Crippen LogP contribution in [-0.4, -0.2) is 52.6 Å². The van der Waals surface area contributed by atoms with Crippen molar-refractivity contribution in [3.63, 3.8) is 0 Å². The molecule has 3 aromatic carbocycles. The van der Waals surface area contributed by atoms with E-state index in [1.54, 1.807) is 6.07 Å². The molecule has 3 aliphatic rings. The number of benzene rings is 3. The van der Waals surface area contributed by atoms with E-state index >= 15 is 0 Å². The first-order chi connectivity index (χ1) is 18.6. The lowest BCUT2D eigenvalue weighted by molar-refractivity contribution is 0.0486. The standard InChI is InChI=1S/C33H38N2O3/c36-28-12-15-30-27(23-28)24-33(16-17-33)35(32(37)26-8-4-3-5-9-26)31(30)22-25-10-13-29(14-11-25)38-21-20-34-18-6-1-2-7-19-34/h3-5,8-15,23,31,36H,1-2,6-7,16-22,24H2. The summed E-state index contributed by atoms with van der Waals surface area (Å²) in [7, 11) is 0. The van der Waals surface area contributed by atoms with E-state index in [4.69, 9.17) is 4.74 Å². The van der Waals surface area contributed by atoms with Gasteiger partial charge in [0.1, 0.15) is 18.1 Å². The molecular formula is C33H38N2O3. The Labute approximate surface area is 226 Å². The minimum Gasteiger partial charge on any atom is -0.508 e. The zero-order valence-electron chi connectivity index (χ0n) is 22.1. The molecule has 1 unspecified atom stereocenters. The molecule has 1 amide bonds. The number of likely N-dealkylation sites (tertiary alicyclic amines) is 1. The van der Waals surface area contributed by atoms with Crippen molar-refractivity contribution in [2.24, 2.45) is 0 Å². The van der Waals surface area contributed by atoms with Crippen LogP contribution in [0.25, 0.3) is 0 Å². The number of aromatic hydroxyl groups is 1. The van der Waals surface area contributed by atoms with Gasteiger partial charge in [-0.05, 0) is 105 Å². The third-order valence-electron chi connectivity index (χ3n) is 8.62. The molecule has 1 spiro atoms. The fourth-order valence-electron chi connectivity index (χ4n) is 6.42. The number of carbonyl (C=O) groups is 1. The quantitative estimate of drug-likeness (QED) is 0.414. The molecule has 5 heteroatoms. The van der Waals surface area contributed by atoms with Gasteiger partial charge in [0, 0.05) is 17.6 Å². The zero-order valence-corrected chi connectivity index (χ0v) is 22.1. The number of nitrogens with zero attached hydrogens (tertiary/aromatic N) is 2. The normalized spacial score (nSPS) is 20.5. The maximum atomic E-state index is 13.9. The van der Waals surface area contributed by atoms with Crippen molar-refractivity contribution in [1.29, 1.82) is 0 Å². The van der Waals surface area contributed by atoms with Crippen LogP contribution in [0.5, 0.6) is 11.5 Å². The fraction of sp³-hybridized carbons (Fsp3) is 0.424. The minimum atomic E-state index is -0.158. The number of rotatable bonds is 7. The van der Waals surface area contributed by atoms with Gasteiger partial charge in [-0.25, -0.2) is 0 Å².